The SMILES string of the molecule is O=C(COc1ccccc1)N1CC2(C1)CS(=O)(=O)[C@@H](Cn1cc(F)cn1)CO2. The number of nitrogens with zero attached hydrogens (tertiary/aromatic N) is 3. The number of ether oxygens (including phenoxy) is 2. The first-order chi connectivity index (χ1) is 13.4. The van der Waals surface area contributed by atoms with E-state index >= 15 is 0 Å². The fourth-order valence-corrected chi connectivity index (χ4v) is 5.36. The quantitative estimate of drug-likeness (QED) is 0.714. The fourth-order valence-electron chi connectivity index (χ4n) is 3.47. The van der Waals surface area contributed by atoms with Gasteiger partial charge in [-0.1, -0.05) is 18.2 Å². The van der Waals surface area contributed by atoms with E-state index in [0.717, 1.165) is 12.4 Å². The van der Waals surface area contributed by atoms with Crippen LogP contribution in [0.4, 0.5) is 4.39 Å². The molecule has 2 aliphatic heterocycles. The normalized spacial score (nSPS) is 22.6. The lowest BCUT2D eigenvalue weighted by atomic mass is 9.95. The van der Waals surface area contributed by atoms with Gasteiger partial charge >= 0.3 is 0 Å². The highest BCUT2D eigenvalue weighted by atomic mass is 32.2. The molecule has 0 aliphatic carbocycles. The first-order valence-electron chi connectivity index (χ1n) is 8.84. The van der Waals surface area contributed by atoms with Crippen LogP contribution in [-0.4, -0.2) is 71.9 Å². The minimum absolute atomic E-state index is 0.00758. The topological polar surface area (TPSA) is 90.7 Å². The summed E-state index contributed by atoms with van der Waals surface area (Å²) in [5, 5.41) is 2.99. The molecule has 3 heterocycles. The number of aromatic nitrogens is 2. The Labute approximate surface area is 161 Å². The Hall–Kier alpha value is -2.46. The summed E-state index contributed by atoms with van der Waals surface area (Å²) in [5.41, 5.74) is -0.868. The Kier molecular flexibility index (Phi) is 4.84. The van der Waals surface area contributed by atoms with Gasteiger partial charge in [0.2, 0.25) is 0 Å². The zero-order chi connectivity index (χ0) is 19.8. The van der Waals surface area contributed by atoms with Crippen LogP contribution in [0.2, 0.25) is 0 Å². The van der Waals surface area contributed by atoms with Gasteiger partial charge in [-0.3, -0.25) is 9.48 Å². The molecule has 0 unspecified atom stereocenters. The van der Waals surface area contributed by atoms with Crippen molar-refractivity contribution < 1.29 is 27.1 Å². The van der Waals surface area contributed by atoms with Crippen LogP contribution in [0.25, 0.3) is 0 Å². The number of hydrogen-bond donors (Lipinski definition) is 0. The molecule has 1 aromatic heterocycles. The average molecular weight is 409 g/mol. The third kappa shape index (κ3) is 3.88. The molecule has 1 spiro atoms. The van der Waals surface area contributed by atoms with E-state index in [-0.39, 0.29) is 44.5 Å². The predicted octanol–water partition coefficient (Wildman–Crippen LogP) is 0.496. The second-order valence-electron chi connectivity index (χ2n) is 7.16. The smallest absolute Gasteiger partial charge is 0.260 e. The third-order valence-corrected chi connectivity index (χ3v) is 7.19. The van der Waals surface area contributed by atoms with Crippen molar-refractivity contribution in [1.29, 1.82) is 0 Å². The predicted molar refractivity (Wildman–Crippen MR) is 97.0 cm³/mol. The first kappa shape index (κ1) is 18.9. The monoisotopic (exact) mass is 409 g/mol. The summed E-state index contributed by atoms with van der Waals surface area (Å²) < 4.78 is 50.8. The zero-order valence-corrected chi connectivity index (χ0v) is 15.8. The lowest BCUT2D eigenvalue weighted by Gasteiger charge is -2.52. The standard InChI is InChI=1S/C18H20FN3O5S/c19-14-6-20-22(7-14)8-16-9-27-18(13-28(16,24)25)11-21(12-18)17(23)10-26-15-4-2-1-3-5-15/h1-7,16H,8-13H2/t16-/m0/s1. The molecule has 4 rings (SSSR count). The second kappa shape index (κ2) is 7.17. The molecule has 0 bridgehead atoms. The van der Waals surface area contributed by atoms with E-state index in [4.69, 9.17) is 9.47 Å². The molecule has 0 N–H and O–H groups in total. The van der Waals surface area contributed by atoms with Gasteiger partial charge in [0.25, 0.3) is 5.91 Å². The molecule has 0 saturated carbocycles. The number of halogens is 1. The van der Waals surface area contributed by atoms with E-state index in [9.17, 15) is 17.6 Å². The molecule has 10 heteroatoms. The Morgan fingerprint density at radius 3 is 2.71 bits per heavy atom. The molecule has 8 nitrogen and oxygen atoms in total. The highest BCUT2D eigenvalue weighted by molar-refractivity contribution is 7.92. The summed E-state index contributed by atoms with van der Waals surface area (Å²) in [7, 11) is -3.46. The first-order valence-corrected chi connectivity index (χ1v) is 10.6. The van der Waals surface area contributed by atoms with Crippen molar-refractivity contribution in [2.24, 2.45) is 0 Å². The molecule has 150 valence electrons. The van der Waals surface area contributed by atoms with Crippen LogP contribution in [0.5, 0.6) is 5.75 Å². The van der Waals surface area contributed by atoms with E-state index < -0.39 is 26.5 Å². The van der Waals surface area contributed by atoms with Gasteiger partial charge in [-0.2, -0.15) is 5.10 Å². The minimum atomic E-state index is -3.46. The number of benzene rings is 1. The Bertz CT molecular complexity index is 957. The largest absolute Gasteiger partial charge is 0.484 e. The molecule has 2 saturated heterocycles. The number of sulfone groups is 1. The van der Waals surface area contributed by atoms with E-state index in [0.29, 0.717) is 5.75 Å². The van der Waals surface area contributed by atoms with Crippen molar-refractivity contribution in [2.45, 2.75) is 17.4 Å². The fraction of sp³-hybridized carbons (Fsp3) is 0.444. The van der Waals surface area contributed by atoms with Crippen LogP contribution in [0.1, 0.15) is 0 Å². The van der Waals surface area contributed by atoms with E-state index in [1.807, 2.05) is 18.2 Å². The van der Waals surface area contributed by atoms with Crippen molar-refractivity contribution in [3.05, 3.63) is 48.5 Å². The van der Waals surface area contributed by atoms with Crippen molar-refractivity contribution in [1.82, 2.24) is 14.7 Å². The van der Waals surface area contributed by atoms with Gasteiger partial charge in [0.15, 0.2) is 22.3 Å². The summed E-state index contributed by atoms with van der Waals surface area (Å²) in [6, 6.07) is 8.99. The number of rotatable bonds is 5. The zero-order valence-electron chi connectivity index (χ0n) is 15.0. The summed E-state index contributed by atoms with van der Waals surface area (Å²) in [6.45, 7) is 0.348. The third-order valence-electron chi connectivity index (χ3n) is 4.96. The van der Waals surface area contributed by atoms with Gasteiger partial charge in [0, 0.05) is 0 Å². The summed E-state index contributed by atoms with van der Waals surface area (Å²) in [6.07, 6.45) is 2.18. The van der Waals surface area contributed by atoms with Crippen molar-refractivity contribution >= 4 is 15.7 Å². The molecule has 1 amide bonds. The minimum Gasteiger partial charge on any atom is -0.484 e. The molecular formula is C18H20FN3O5S. The van der Waals surface area contributed by atoms with E-state index in [1.165, 1.54) is 9.58 Å². The molecule has 1 aromatic carbocycles. The van der Waals surface area contributed by atoms with Crippen LogP contribution >= 0.6 is 0 Å². The second-order valence-corrected chi connectivity index (χ2v) is 9.44. The van der Waals surface area contributed by atoms with Crippen molar-refractivity contribution in [2.75, 3.05) is 32.1 Å². The van der Waals surface area contributed by atoms with Gasteiger partial charge in [-0.15, -0.1) is 0 Å². The highest BCUT2D eigenvalue weighted by Gasteiger charge is 2.53. The molecule has 2 aliphatic rings. The van der Waals surface area contributed by atoms with Gasteiger partial charge in [-0.25, -0.2) is 12.8 Å². The molecular weight excluding hydrogens is 389 g/mol. The summed E-state index contributed by atoms with van der Waals surface area (Å²) in [4.78, 5) is 13.8. The van der Waals surface area contributed by atoms with Gasteiger partial charge in [-0.05, 0) is 12.1 Å². The molecule has 2 fully saturated rings. The summed E-state index contributed by atoms with van der Waals surface area (Å²) >= 11 is 0. The highest BCUT2D eigenvalue weighted by Crippen LogP contribution is 2.33. The van der Waals surface area contributed by atoms with Crippen LogP contribution < -0.4 is 4.74 Å². The van der Waals surface area contributed by atoms with E-state index in [2.05, 4.69) is 5.10 Å². The Morgan fingerprint density at radius 2 is 2.07 bits per heavy atom. The maximum atomic E-state index is 13.0. The van der Waals surface area contributed by atoms with Crippen molar-refractivity contribution in [3.63, 3.8) is 0 Å². The molecule has 0 radical (unpaired) electrons. The number of para-hydroxylation sites is 1. The average Bonchev–Trinajstić information content (AvgIpc) is 3.05. The van der Waals surface area contributed by atoms with Crippen molar-refractivity contribution in [3.8, 4) is 5.75 Å². The molecule has 28 heavy (non-hydrogen) atoms. The van der Waals surface area contributed by atoms with Crippen LogP contribution in [0.15, 0.2) is 42.7 Å². The number of carbonyl (C=O) groups excluding carboxylic acids is 1. The number of amides is 1. The molecule has 1 atom stereocenters. The summed E-state index contributed by atoms with van der Waals surface area (Å²) in [5.74, 6) is -0.306. The van der Waals surface area contributed by atoms with Gasteiger partial charge in [0.1, 0.15) is 16.6 Å². The van der Waals surface area contributed by atoms with E-state index in [1.54, 1.807) is 12.1 Å². The number of likely N-dealkylation sites (tertiary alicyclic amines) is 1. The Balaban J connectivity index is 1.30. The maximum Gasteiger partial charge on any atom is 0.260 e. The van der Waals surface area contributed by atoms with Crippen LogP contribution in [-0.2, 0) is 25.9 Å². The van der Waals surface area contributed by atoms with Gasteiger partial charge in [0.05, 0.1) is 44.4 Å². The van der Waals surface area contributed by atoms with Crippen LogP contribution in [0, 0.1) is 5.82 Å². The molecule has 2 aromatic rings. The van der Waals surface area contributed by atoms with Gasteiger partial charge < -0.3 is 14.4 Å². The number of hydrogen-bond acceptors (Lipinski definition) is 6. The maximum absolute atomic E-state index is 13.0. The Morgan fingerprint density at radius 1 is 1.32 bits per heavy atom. The number of carbonyl (C=O) groups is 1. The van der Waals surface area contributed by atoms with Crippen LogP contribution in [0.3, 0.4) is 0 Å². The lowest BCUT2D eigenvalue weighted by Crippen LogP contribution is -2.71. The lowest BCUT2D eigenvalue weighted by molar-refractivity contribution is -0.167.